The molecule has 0 saturated carbocycles. The molecule has 13 heteroatoms. The van der Waals surface area contributed by atoms with Gasteiger partial charge < -0.3 is 5.32 Å². The summed E-state index contributed by atoms with van der Waals surface area (Å²) in [7, 11) is -2.50. The van der Waals surface area contributed by atoms with E-state index in [1.54, 1.807) is 49.5 Å². The number of nitrogens with one attached hydrogen (secondary N) is 4. The van der Waals surface area contributed by atoms with Gasteiger partial charge in [-0.1, -0.05) is 30.3 Å². The highest BCUT2D eigenvalue weighted by Gasteiger charge is 2.17. The number of hydrazine groups is 1. The molecule has 3 rings (SSSR count). The van der Waals surface area contributed by atoms with Crippen molar-refractivity contribution in [1.82, 2.24) is 21.2 Å². The number of hydrazone groups is 1. The highest BCUT2D eigenvalue weighted by Crippen LogP contribution is 2.15. The van der Waals surface area contributed by atoms with Crippen LogP contribution in [0.4, 0.5) is 5.82 Å². The zero-order valence-electron chi connectivity index (χ0n) is 18.6. The molecule has 0 radical (unpaired) electrons. The van der Waals surface area contributed by atoms with Crippen LogP contribution in [-0.2, 0) is 20.9 Å². The first kappa shape index (κ1) is 25.5. The SMILES string of the molecule is CNNC(=O)c1ccc(CNC(=O)c2ccc(N/N=C/c3ccccc3S(=O)(=O)ON)nc2)cc1. The molecule has 0 spiro atoms. The lowest BCUT2D eigenvalue weighted by Crippen LogP contribution is -2.34. The molecule has 0 aliphatic heterocycles. The number of benzene rings is 2. The Morgan fingerprint density at radius 2 is 1.74 bits per heavy atom. The van der Waals surface area contributed by atoms with Gasteiger partial charge in [-0.05, 0) is 35.9 Å². The number of amides is 2. The summed E-state index contributed by atoms with van der Waals surface area (Å²) in [5.41, 5.74) is 9.61. The molecule has 2 aromatic carbocycles. The molecule has 35 heavy (non-hydrogen) atoms. The first-order valence-electron chi connectivity index (χ1n) is 10.2. The number of pyridine rings is 1. The van der Waals surface area contributed by atoms with Gasteiger partial charge >= 0.3 is 10.1 Å². The Balaban J connectivity index is 1.56. The Hall–Kier alpha value is -4.17. The molecular weight excluding hydrogens is 474 g/mol. The van der Waals surface area contributed by atoms with Crippen LogP contribution in [0.3, 0.4) is 0 Å². The Kier molecular flexibility index (Phi) is 8.58. The molecule has 182 valence electrons. The van der Waals surface area contributed by atoms with Gasteiger partial charge in [0.1, 0.15) is 10.7 Å². The zero-order valence-corrected chi connectivity index (χ0v) is 19.4. The average Bonchev–Trinajstić information content (AvgIpc) is 2.88. The molecular formula is C22H23N7O5S. The standard InChI is InChI=1S/C22H23N7O5S/c1-24-29-22(31)16-8-6-15(7-9-16)12-26-21(30)18-10-11-20(25-13-18)28-27-14-17-4-2-3-5-19(17)35(32,33)34-23/h2-11,13-14,24H,12,23H2,1H3,(H,25,28)(H,26,30)(H,29,31)/b27-14+. The van der Waals surface area contributed by atoms with Crippen LogP contribution in [0.1, 0.15) is 31.8 Å². The third-order valence-electron chi connectivity index (χ3n) is 4.63. The first-order chi connectivity index (χ1) is 16.8. The van der Waals surface area contributed by atoms with Gasteiger partial charge in [-0.15, -0.1) is 0 Å². The van der Waals surface area contributed by atoms with Crippen molar-refractivity contribution >= 4 is 34.0 Å². The molecule has 3 aromatic rings. The lowest BCUT2D eigenvalue weighted by molar-refractivity contribution is 0.0933. The molecule has 0 atom stereocenters. The maximum absolute atomic E-state index is 12.4. The van der Waals surface area contributed by atoms with Crippen LogP contribution >= 0.6 is 0 Å². The fraction of sp³-hybridized carbons (Fsp3) is 0.0909. The topological polar surface area (TPSA) is 177 Å². The van der Waals surface area contributed by atoms with Crippen LogP contribution in [0.15, 0.2) is 76.9 Å². The predicted octanol–water partition coefficient (Wildman–Crippen LogP) is 0.901. The van der Waals surface area contributed by atoms with Crippen LogP contribution < -0.4 is 27.5 Å². The molecule has 0 aliphatic rings. The summed E-state index contributed by atoms with van der Waals surface area (Å²) in [5, 5.41) is 6.75. The molecule has 0 fully saturated rings. The minimum absolute atomic E-state index is 0.135. The first-order valence-corrected chi connectivity index (χ1v) is 11.6. The summed E-state index contributed by atoms with van der Waals surface area (Å²) >= 11 is 0. The normalized spacial score (nSPS) is 11.3. The molecule has 12 nitrogen and oxygen atoms in total. The van der Waals surface area contributed by atoms with Crippen LogP contribution in [0, 0.1) is 0 Å². The second-order valence-corrected chi connectivity index (χ2v) is 8.51. The van der Waals surface area contributed by atoms with Crippen molar-refractivity contribution in [2.24, 2.45) is 11.0 Å². The van der Waals surface area contributed by atoms with E-state index in [-0.39, 0.29) is 28.8 Å². The molecule has 2 amide bonds. The minimum Gasteiger partial charge on any atom is -0.348 e. The number of hydrogen-bond acceptors (Lipinski definition) is 10. The summed E-state index contributed by atoms with van der Waals surface area (Å²) in [6.07, 6.45) is 2.65. The van der Waals surface area contributed by atoms with Crippen LogP contribution in [0.2, 0.25) is 0 Å². The van der Waals surface area contributed by atoms with Gasteiger partial charge in [0.25, 0.3) is 11.8 Å². The van der Waals surface area contributed by atoms with Crippen molar-refractivity contribution in [1.29, 1.82) is 0 Å². The number of nitrogens with zero attached hydrogens (tertiary/aromatic N) is 2. The van der Waals surface area contributed by atoms with Crippen LogP contribution in [-0.4, -0.2) is 38.5 Å². The molecule has 0 aliphatic carbocycles. The minimum atomic E-state index is -4.09. The van der Waals surface area contributed by atoms with E-state index in [2.05, 4.69) is 36.0 Å². The van der Waals surface area contributed by atoms with E-state index in [1.165, 1.54) is 30.6 Å². The summed E-state index contributed by atoms with van der Waals surface area (Å²) in [6.45, 7) is 0.270. The number of anilines is 1. The van der Waals surface area contributed by atoms with E-state index < -0.39 is 10.1 Å². The lowest BCUT2D eigenvalue weighted by Gasteiger charge is -2.07. The van der Waals surface area contributed by atoms with Crippen molar-refractivity contribution in [3.8, 4) is 0 Å². The van der Waals surface area contributed by atoms with Gasteiger partial charge in [0, 0.05) is 30.9 Å². The Bertz CT molecular complexity index is 1310. The van der Waals surface area contributed by atoms with Crippen molar-refractivity contribution < 1.29 is 22.3 Å². The van der Waals surface area contributed by atoms with Gasteiger partial charge in [0.2, 0.25) is 0 Å². The Morgan fingerprint density at radius 3 is 2.40 bits per heavy atom. The number of nitrogens with two attached hydrogens (primary N) is 1. The molecule has 6 N–H and O–H groups in total. The average molecular weight is 498 g/mol. The summed E-state index contributed by atoms with van der Waals surface area (Å²) in [4.78, 5) is 28.1. The number of carbonyl (C=O) groups excluding carboxylic acids is 2. The molecule has 0 unspecified atom stereocenters. The maximum Gasteiger partial charge on any atom is 0.313 e. The Morgan fingerprint density at radius 1 is 1.03 bits per heavy atom. The third-order valence-corrected chi connectivity index (χ3v) is 5.79. The molecule has 0 bridgehead atoms. The molecule has 0 saturated heterocycles. The smallest absolute Gasteiger partial charge is 0.313 e. The largest absolute Gasteiger partial charge is 0.348 e. The van der Waals surface area contributed by atoms with Gasteiger partial charge in [-0.3, -0.25) is 20.4 Å². The quantitative estimate of drug-likeness (QED) is 0.201. The second-order valence-electron chi connectivity index (χ2n) is 6.97. The highest BCUT2D eigenvalue weighted by atomic mass is 32.2. The van der Waals surface area contributed by atoms with Crippen molar-refractivity contribution in [3.05, 3.63) is 89.1 Å². The monoisotopic (exact) mass is 497 g/mol. The molecule has 1 aromatic heterocycles. The van der Waals surface area contributed by atoms with Gasteiger partial charge in [0.05, 0.1) is 11.8 Å². The summed E-state index contributed by atoms with van der Waals surface area (Å²) in [5.74, 6) is 4.59. The van der Waals surface area contributed by atoms with Crippen LogP contribution in [0.25, 0.3) is 0 Å². The van der Waals surface area contributed by atoms with Crippen molar-refractivity contribution in [2.45, 2.75) is 11.4 Å². The van der Waals surface area contributed by atoms with Gasteiger partial charge in [0.15, 0.2) is 0 Å². The fourth-order valence-electron chi connectivity index (χ4n) is 2.87. The maximum atomic E-state index is 12.4. The summed E-state index contributed by atoms with van der Waals surface area (Å²) in [6, 6.07) is 16.0. The van der Waals surface area contributed by atoms with Crippen molar-refractivity contribution in [2.75, 3.05) is 12.5 Å². The number of aromatic nitrogens is 1. The van der Waals surface area contributed by atoms with E-state index in [0.29, 0.717) is 16.9 Å². The number of carbonyl (C=O) groups is 2. The van der Waals surface area contributed by atoms with Crippen molar-refractivity contribution in [3.63, 3.8) is 0 Å². The van der Waals surface area contributed by atoms with Gasteiger partial charge in [-0.25, -0.2) is 10.4 Å². The van der Waals surface area contributed by atoms with E-state index in [1.807, 2.05) is 0 Å². The zero-order chi connectivity index (χ0) is 25.3. The van der Waals surface area contributed by atoms with E-state index in [0.717, 1.165) is 5.56 Å². The number of rotatable bonds is 10. The van der Waals surface area contributed by atoms with Gasteiger partial charge in [-0.2, -0.15) is 23.7 Å². The van der Waals surface area contributed by atoms with E-state index in [4.69, 9.17) is 5.90 Å². The lowest BCUT2D eigenvalue weighted by atomic mass is 10.1. The second kappa shape index (κ2) is 11.8. The fourth-order valence-corrected chi connectivity index (χ4v) is 3.63. The molecule has 1 heterocycles. The summed E-state index contributed by atoms with van der Waals surface area (Å²) < 4.78 is 27.8. The van der Waals surface area contributed by atoms with Crippen LogP contribution in [0.5, 0.6) is 0 Å². The highest BCUT2D eigenvalue weighted by molar-refractivity contribution is 7.86. The number of hydrogen-bond donors (Lipinski definition) is 5. The Labute approximate surface area is 201 Å². The van der Waals surface area contributed by atoms with E-state index in [9.17, 15) is 18.0 Å². The third kappa shape index (κ3) is 6.91. The van der Waals surface area contributed by atoms with E-state index >= 15 is 0 Å². The predicted molar refractivity (Wildman–Crippen MR) is 128 cm³/mol.